The van der Waals surface area contributed by atoms with E-state index >= 15 is 0 Å². The van der Waals surface area contributed by atoms with Gasteiger partial charge in [0.15, 0.2) is 0 Å². The molecule has 0 radical (unpaired) electrons. The van der Waals surface area contributed by atoms with Crippen LogP contribution in [-0.2, 0) is 21.8 Å². The molecule has 0 bridgehead atoms. The van der Waals surface area contributed by atoms with E-state index in [1.807, 2.05) is 0 Å². The van der Waals surface area contributed by atoms with Crippen LogP contribution in [0.25, 0.3) is 0 Å². The van der Waals surface area contributed by atoms with Gasteiger partial charge in [-0.05, 0) is 56.4 Å². The molecule has 1 nitrogen and oxygen atoms in total. The first-order valence-electron chi connectivity index (χ1n) is 6.93. The molecule has 20 heavy (non-hydrogen) atoms. The molecule has 0 aliphatic rings. The maximum atomic E-state index is 11.6. The maximum absolute atomic E-state index is 11.6. The average Bonchev–Trinajstić information content (AvgIpc) is 2.22. The van der Waals surface area contributed by atoms with E-state index in [9.17, 15) is 4.57 Å². The lowest BCUT2D eigenvalue weighted by atomic mass is 9.75. The Labute approximate surface area is 133 Å². The first-order chi connectivity index (χ1) is 8.82. The maximum Gasteiger partial charge on any atom is 0.253 e. The zero-order valence-electron chi connectivity index (χ0n) is 13.3. The van der Waals surface area contributed by atoms with Crippen LogP contribution >= 0.6 is 28.3 Å². The second-order valence-corrected chi connectivity index (χ2v) is 12.8. The molecular formula is C16H25Cl2OP. The molecule has 0 N–H and O–H groups in total. The Hall–Kier alpha value is 0.0300. The number of hydrogen-bond acceptors (Lipinski definition) is 1. The van der Waals surface area contributed by atoms with Crippen LogP contribution in [0.4, 0.5) is 0 Å². The molecule has 0 unspecified atom stereocenters. The van der Waals surface area contributed by atoms with Gasteiger partial charge in [-0.3, -0.25) is 4.57 Å². The van der Waals surface area contributed by atoms with Gasteiger partial charge in [0.1, 0.15) is 0 Å². The van der Waals surface area contributed by atoms with Gasteiger partial charge in [0, 0.05) is 6.16 Å². The summed E-state index contributed by atoms with van der Waals surface area (Å²) in [7, 11) is 0. The summed E-state index contributed by atoms with van der Waals surface area (Å²) in [5, 5.41) is 0. The minimum absolute atomic E-state index is 0.0409. The quantitative estimate of drug-likeness (QED) is 0.577. The topological polar surface area (TPSA) is 17.1 Å². The van der Waals surface area contributed by atoms with E-state index in [1.54, 1.807) is 0 Å². The highest BCUT2D eigenvalue weighted by molar-refractivity contribution is 8.08. The van der Waals surface area contributed by atoms with Gasteiger partial charge in [-0.25, -0.2) is 0 Å². The van der Waals surface area contributed by atoms with Gasteiger partial charge in [0.25, 0.3) is 5.85 Å². The zero-order chi connectivity index (χ0) is 15.8. The summed E-state index contributed by atoms with van der Waals surface area (Å²) < 4.78 is 11.6. The van der Waals surface area contributed by atoms with Gasteiger partial charge in [0.2, 0.25) is 0 Å². The van der Waals surface area contributed by atoms with Gasteiger partial charge < -0.3 is 0 Å². The molecule has 0 atom stereocenters. The normalized spacial score (nSPS) is 13.6. The summed E-state index contributed by atoms with van der Waals surface area (Å²) in [6.45, 7) is 13.2. The van der Waals surface area contributed by atoms with Crippen LogP contribution in [0.2, 0.25) is 0 Å². The van der Waals surface area contributed by atoms with E-state index < -0.39 is 5.85 Å². The number of halogens is 2. The van der Waals surface area contributed by atoms with Crippen LogP contribution in [0.5, 0.6) is 0 Å². The minimum atomic E-state index is -3.03. The molecule has 1 rings (SSSR count). The van der Waals surface area contributed by atoms with E-state index in [-0.39, 0.29) is 10.8 Å². The van der Waals surface area contributed by atoms with Crippen LogP contribution in [0, 0.1) is 0 Å². The Morgan fingerprint density at radius 3 is 1.65 bits per heavy atom. The Bertz CT molecular complexity index is 486. The predicted octanol–water partition coefficient (Wildman–Crippen LogP) is 6.49. The van der Waals surface area contributed by atoms with Crippen LogP contribution in [-0.4, -0.2) is 6.16 Å². The molecule has 4 heteroatoms. The molecule has 114 valence electrons. The zero-order valence-corrected chi connectivity index (χ0v) is 15.7. The molecule has 0 amide bonds. The van der Waals surface area contributed by atoms with Crippen molar-refractivity contribution in [2.75, 3.05) is 6.16 Å². The van der Waals surface area contributed by atoms with Crippen molar-refractivity contribution in [3.8, 4) is 0 Å². The fourth-order valence-electron chi connectivity index (χ4n) is 2.50. The first kappa shape index (κ1) is 18.1. The van der Waals surface area contributed by atoms with Crippen molar-refractivity contribution in [2.45, 2.75) is 58.8 Å². The van der Waals surface area contributed by atoms with Crippen molar-refractivity contribution in [3.05, 3.63) is 34.9 Å². The largest absolute Gasteiger partial charge is 0.289 e. The van der Waals surface area contributed by atoms with Crippen molar-refractivity contribution in [1.82, 2.24) is 0 Å². The highest BCUT2D eigenvalue weighted by Gasteiger charge is 2.26. The lowest BCUT2D eigenvalue weighted by Gasteiger charge is -2.30. The van der Waals surface area contributed by atoms with Crippen LogP contribution < -0.4 is 0 Å². The lowest BCUT2D eigenvalue weighted by Crippen LogP contribution is -2.21. The fourth-order valence-corrected chi connectivity index (χ4v) is 3.49. The molecule has 0 aliphatic carbocycles. The standard InChI is InChI=1S/C16H25Cl2OP/c1-15(2,3)13-8-7-9-14(16(4,5)6)12(13)10-11-20(17,18)19/h7-9H,10-11H2,1-6H3. The lowest BCUT2D eigenvalue weighted by molar-refractivity contribution is 0.555. The summed E-state index contributed by atoms with van der Waals surface area (Å²) in [6, 6.07) is 6.40. The van der Waals surface area contributed by atoms with Gasteiger partial charge in [-0.2, -0.15) is 0 Å². The molecule has 0 saturated heterocycles. The number of benzene rings is 1. The Kier molecular flexibility index (Phi) is 5.45. The van der Waals surface area contributed by atoms with Gasteiger partial charge in [-0.15, -0.1) is 0 Å². The fraction of sp³-hybridized carbons (Fsp3) is 0.625. The summed E-state index contributed by atoms with van der Waals surface area (Å²) in [6.07, 6.45) is 0.983. The third-order valence-corrected chi connectivity index (χ3v) is 5.17. The minimum Gasteiger partial charge on any atom is -0.289 e. The summed E-state index contributed by atoms with van der Waals surface area (Å²) in [4.78, 5) is 0. The van der Waals surface area contributed by atoms with Crippen LogP contribution in [0.15, 0.2) is 18.2 Å². The summed E-state index contributed by atoms with van der Waals surface area (Å²) >= 11 is 11.5. The third-order valence-electron chi connectivity index (χ3n) is 3.41. The molecule has 0 saturated carbocycles. The highest BCUT2D eigenvalue weighted by atomic mass is 35.9. The Morgan fingerprint density at radius 2 is 1.35 bits per heavy atom. The van der Waals surface area contributed by atoms with E-state index in [1.165, 1.54) is 16.7 Å². The van der Waals surface area contributed by atoms with Crippen molar-refractivity contribution in [2.24, 2.45) is 0 Å². The second kappa shape index (κ2) is 6.03. The average molecular weight is 335 g/mol. The summed E-state index contributed by atoms with van der Waals surface area (Å²) in [5.41, 5.74) is 3.89. The number of rotatable bonds is 3. The van der Waals surface area contributed by atoms with Crippen LogP contribution in [0.3, 0.4) is 0 Å². The van der Waals surface area contributed by atoms with Crippen molar-refractivity contribution >= 4 is 28.3 Å². The van der Waals surface area contributed by atoms with Gasteiger partial charge in [-0.1, -0.05) is 59.7 Å². The predicted molar refractivity (Wildman–Crippen MR) is 91.7 cm³/mol. The molecule has 1 aromatic carbocycles. The van der Waals surface area contributed by atoms with Crippen LogP contribution in [0.1, 0.15) is 58.2 Å². The first-order valence-corrected chi connectivity index (χ1v) is 10.6. The SMILES string of the molecule is CC(C)(C)c1cccc(C(C)(C)C)c1CCP(=O)(Cl)Cl. The molecule has 1 aromatic rings. The molecule has 0 fully saturated rings. The molecule has 0 spiro atoms. The highest BCUT2D eigenvalue weighted by Crippen LogP contribution is 2.57. The van der Waals surface area contributed by atoms with Crippen molar-refractivity contribution in [3.63, 3.8) is 0 Å². The van der Waals surface area contributed by atoms with E-state index in [2.05, 4.69) is 59.7 Å². The van der Waals surface area contributed by atoms with E-state index in [0.29, 0.717) is 12.6 Å². The van der Waals surface area contributed by atoms with Gasteiger partial charge >= 0.3 is 0 Å². The Balaban J connectivity index is 3.37. The number of hydrogen-bond donors (Lipinski definition) is 0. The molecule has 0 aliphatic heterocycles. The molecule has 0 heterocycles. The molecular weight excluding hydrogens is 310 g/mol. The van der Waals surface area contributed by atoms with Crippen molar-refractivity contribution in [1.29, 1.82) is 0 Å². The van der Waals surface area contributed by atoms with Crippen molar-refractivity contribution < 1.29 is 4.57 Å². The smallest absolute Gasteiger partial charge is 0.253 e. The van der Waals surface area contributed by atoms with E-state index in [4.69, 9.17) is 22.5 Å². The monoisotopic (exact) mass is 334 g/mol. The summed E-state index contributed by atoms with van der Waals surface area (Å²) in [5.74, 6) is -3.03. The second-order valence-electron chi connectivity index (χ2n) is 7.38. The Morgan fingerprint density at radius 1 is 0.950 bits per heavy atom. The van der Waals surface area contributed by atoms with E-state index in [0.717, 1.165) is 0 Å². The third kappa shape index (κ3) is 5.10. The molecule has 0 aromatic heterocycles. The van der Waals surface area contributed by atoms with Gasteiger partial charge in [0.05, 0.1) is 0 Å².